The standard InChI is InChI=1S/C11H16N2O4S2/c1-12(5-3-11(14)15)19(16,17)13-6-2-10-9(8-13)4-7-18-10/h4,7H,2-3,5-6,8H2,1H3,(H,14,15). The van der Waals surface area contributed by atoms with E-state index in [0.717, 1.165) is 16.3 Å². The Bertz CT molecular complexity index is 567. The Balaban J connectivity index is 2.06. The molecule has 0 saturated heterocycles. The number of hydrogen-bond donors (Lipinski definition) is 1. The van der Waals surface area contributed by atoms with Crippen LogP contribution >= 0.6 is 11.3 Å². The van der Waals surface area contributed by atoms with E-state index in [9.17, 15) is 13.2 Å². The first-order valence-corrected chi connectivity index (χ1v) is 8.17. The number of hydrogen-bond acceptors (Lipinski definition) is 4. The summed E-state index contributed by atoms with van der Waals surface area (Å²) in [6, 6.07) is 1.94. The van der Waals surface area contributed by atoms with E-state index in [1.54, 1.807) is 11.3 Å². The van der Waals surface area contributed by atoms with Gasteiger partial charge < -0.3 is 5.11 Å². The van der Waals surface area contributed by atoms with Crippen molar-refractivity contribution in [2.24, 2.45) is 0 Å². The minimum Gasteiger partial charge on any atom is -0.481 e. The molecule has 1 aliphatic heterocycles. The summed E-state index contributed by atoms with van der Waals surface area (Å²) in [6.45, 7) is 0.816. The molecule has 0 saturated carbocycles. The van der Waals surface area contributed by atoms with Crippen molar-refractivity contribution in [2.75, 3.05) is 20.1 Å². The predicted octanol–water partition coefficient (Wildman–Crippen LogP) is 0.757. The van der Waals surface area contributed by atoms with Crippen LogP contribution in [0, 0.1) is 0 Å². The van der Waals surface area contributed by atoms with E-state index >= 15 is 0 Å². The third-order valence-electron chi connectivity index (χ3n) is 3.13. The highest BCUT2D eigenvalue weighted by molar-refractivity contribution is 7.86. The minimum absolute atomic E-state index is 0.00927. The van der Waals surface area contributed by atoms with Crippen molar-refractivity contribution in [1.29, 1.82) is 0 Å². The van der Waals surface area contributed by atoms with Crippen LogP contribution in [0.2, 0.25) is 0 Å². The highest BCUT2D eigenvalue weighted by atomic mass is 32.2. The van der Waals surface area contributed by atoms with Crippen LogP contribution in [-0.2, 0) is 28.0 Å². The molecule has 106 valence electrons. The maximum atomic E-state index is 12.3. The molecule has 1 aromatic heterocycles. The minimum atomic E-state index is -3.57. The molecule has 19 heavy (non-hydrogen) atoms. The molecule has 0 unspecified atom stereocenters. The Morgan fingerprint density at radius 1 is 1.58 bits per heavy atom. The third kappa shape index (κ3) is 3.14. The van der Waals surface area contributed by atoms with Crippen molar-refractivity contribution >= 4 is 27.5 Å². The van der Waals surface area contributed by atoms with Gasteiger partial charge in [-0.2, -0.15) is 17.0 Å². The largest absolute Gasteiger partial charge is 0.481 e. The Morgan fingerprint density at radius 3 is 3.00 bits per heavy atom. The second-order valence-corrected chi connectivity index (χ2v) is 7.46. The molecule has 0 bridgehead atoms. The molecule has 6 nitrogen and oxygen atoms in total. The van der Waals surface area contributed by atoms with Crippen LogP contribution in [0.3, 0.4) is 0 Å². The molecule has 0 spiro atoms. The lowest BCUT2D eigenvalue weighted by Gasteiger charge is -2.30. The number of rotatable bonds is 5. The summed E-state index contributed by atoms with van der Waals surface area (Å²) in [4.78, 5) is 11.7. The van der Waals surface area contributed by atoms with Gasteiger partial charge in [0.15, 0.2) is 0 Å². The highest BCUT2D eigenvalue weighted by Gasteiger charge is 2.30. The molecule has 1 aliphatic rings. The zero-order valence-electron chi connectivity index (χ0n) is 10.6. The number of thiophene rings is 1. The molecule has 0 radical (unpaired) electrons. The van der Waals surface area contributed by atoms with E-state index in [1.165, 1.54) is 16.2 Å². The lowest BCUT2D eigenvalue weighted by molar-refractivity contribution is -0.137. The summed E-state index contributed by atoms with van der Waals surface area (Å²) in [5.74, 6) is -0.999. The molecule has 1 N–H and O–H groups in total. The maximum Gasteiger partial charge on any atom is 0.304 e. The summed E-state index contributed by atoms with van der Waals surface area (Å²) in [5, 5.41) is 10.6. The second kappa shape index (κ2) is 5.58. The van der Waals surface area contributed by atoms with E-state index in [4.69, 9.17) is 5.11 Å². The van der Waals surface area contributed by atoms with Crippen LogP contribution in [0.4, 0.5) is 0 Å². The zero-order chi connectivity index (χ0) is 14.0. The molecule has 0 aliphatic carbocycles. The molecule has 0 amide bonds. The molecule has 0 aromatic carbocycles. The summed E-state index contributed by atoms with van der Waals surface area (Å²) >= 11 is 1.65. The first-order chi connectivity index (χ1) is 8.91. The van der Waals surface area contributed by atoms with Gasteiger partial charge in [-0.05, 0) is 23.4 Å². The van der Waals surface area contributed by atoms with Gasteiger partial charge in [-0.3, -0.25) is 4.79 Å². The molecule has 0 fully saturated rings. The first kappa shape index (κ1) is 14.4. The van der Waals surface area contributed by atoms with Crippen LogP contribution in [0.25, 0.3) is 0 Å². The van der Waals surface area contributed by atoms with Gasteiger partial charge in [0.25, 0.3) is 10.2 Å². The van der Waals surface area contributed by atoms with E-state index in [2.05, 4.69) is 0 Å². The van der Waals surface area contributed by atoms with Crippen LogP contribution < -0.4 is 0 Å². The fourth-order valence-electron chi connectivity index (χ4n) is 1.99. The topological polar surface area (TPSA) is 77.9 Å². The predicted molar refractivity (Wildman–Crippen MR) is 72.2 cm³/mol. The van der Waals surface area contributed by atoms with Crippen molar-refractivity contribution in [3.8, 4) is 0 Å². The first-order valence-electron chi connectivity index (χ1n) is 5.89. The Kier molecular flexibility index (Phi) is 4.24. The number of nitrogens with zero attached hydrogens (tertiary/aromatic N) is 2. The average molecular weight is 304 g/mol. The Labute approximate surface area is 116 Å². The van der Waals surface area contributed by atoms with Crippen molar-refractivity contribution in [3.63, 3.8) is 0 Å². The van der Waals surface area contributed by atoms with Crippen molar-refractivity contribution in [2.45, 2.75) is 19.4 Å². The van der Waals surface area contributed by atoms with Crippen LogP contribution in [0.1, 0.15) is 16.9 Å². The smallest absolute Gasteiger partial charge is 0.304 e. The lowest BCUT2D eigenvalue weighted by atomic mass is 10.1. The van der Waals surface area contributed by atoms with Gasteiger partial charge in [0.2, 0.25) is 0 Å². The van der Waals surface area contributed by atoms with Gasteiger partial charge in [0.1, 0.15) is 0 Å². The van der Waals surface area contributed by atoms with E-state index in [1.807, 2.05) is 11.4 Å². The van der Waals surface area contributed by atoms with E-state index < -0.39 is 16.2 Å². The van der Waals surface area contributed by atoms with Gasteiger partial charge in [0, 0.05) is 31.6 Å². The van der Waals surface area contributed by atoms with Gasteiger partial charge >= 0.3 is 5.97 Å². The van der Waals surface area contributed by atoms with Gasteiger partial charge in [-0.1, -0.05) is 0 Å². The number of carboxylic acid groups (broad SMARTS) is 1. The fraction of sp³-hybridized carbons (Fsp3) is 0.545. The summed E-state index contributed by atoms with van der Waals surface area (Å²) in [7, 11) is -2.15. The zero-order valence-corrected chi connectivity index (χ0v) is 12.2. The van der Waals surface area contributed by atoms with Crippen LogP contribution in [0.5, 0.6) is 0 Å². The van der Waals surface area contributed by atoms with Crippen LogP contribution in [-0.4, -0.2) is 48.2 Å². The number of carbonyl (C=O) groups is 1. The van der Waals surface area contributed by atoms with Gasteiger partial charge in [0.05, 0.1) is 6.42 Å². The van der Waals surface area contributed by atoms with Gasteiger partial charge in [-0.15, -0.1) is 11.3 Å². The normalized spacial score (nSPS) is 16.5. The molecule has 0 atom stereocenters. The Morgan fingerprint density at radius 2 is 2.32 bits per heavy atom. The molecule has 8 heteroatoms. The number of carboxylic acids is 1. The fourth-order valence-corrected chi connectivity index (χ4v) is 4.22. The molecule has 1 aromatic rings. The summed E-state index contributed by atoms with van der Waals surface area (Å²) < 4.78 is 27.1. The molecule has 2 heterocycles. The lowest BCUT2D eigenvalue weighted by Crippen LogP contribution is -2.44. The van der Waals surface area contributed by atoms with Crippen molar-refractivity contribution in [1.82, 2.24) is 8.61 Å². The number of fused-ring (bicyclic) bond motifs is 1. The van der Waals surface area contributed by atoms with E-state index in [0.29, 0.717) is 13.1 Å². The third-order valence-corrected chi connectivity index (χ3v) is 6.09. The Hall–Kier alpha value is -0.960. The monoisotopic (exact) mass is 304 g/mol. The second-order valence-electron chi connectivity index (χ2n) is 4.43. The molecular formula is C11H16N2O4S2. The number of aliphatic carboxylic acids is 1. The summed E-state index contributed by atoms with van der Waals surface area (Å²) in [5.41, 5.74) is 1.05. The summed E-state index contributed by atoms with van der Waals surface area (Å²) in [6.07, 6.45) is 0.534. The molecule has 2 rings (SSSR count). The van der Waals surface area contributed by atoms with E-state index in [-0.39, 0.29) is 13.0 Å². The maximum absolute atomic E-state index is 12.3. The van der Waals surface area contributed by atoms with Crippen molar-refractivity contribution < 1.29 is 18.3 Å². The van der Waals surface area contributed by atoms with Gasteiger partial charge in [-0.25, -0.2) is 0 Å². The average Bonchev–Trinajstić information content (AvgIpc) is 2.82. The van der Waals surface area contributed by atoms with Crippen LogP contribution in [0.15, 0.2) is 11.4 Å². The highest BCUT2D eigenvalue weighted by Crippen LogP contribution is 2.26. The molecular weight excluding hydrogens is 288 g/mol. The quantitative estimate of drug-likeness (QED) is 0.871. The SMILES string of the molecule is CN(CCC(=O)O)S(=O)(=O)N1CCc2sccc2C1. The van der Waals surface area contributed by atoms with Crippen molar-refractivity contribution in [3.05, 3.63) is 21.9 Å².